The van der Waals surface area contributed by atoms with Crippen LogP contribution in [0.1, 0.15) is 59.2 Å². The van der Waals surface area contributed by atoms with Crippen molar-refractivity contribution in [1.82, 2.24) is 10.2 Å². The highest BCUT2D eigenvalue weighted by Gasteiger charge is 2.43. The number of aryl methyl sites for hydroxylation is 2. The monoisotopic (exact) mass is 718 g/mol. The molecule has 9 nitrogen and oxygen atoms in total. The Labute approximate surface area is 312 Å². The lowest BCUT2D eigenvalue weighted by Crippen LogP contribution is -2.50. The second-order valence-corrected chi connectivity index (χ2v) is 13.2. The van der Waals surface area contributed by atoms with Crippen molar-refractivity contribution >= 4 is 23.7 Å². The Morgan fingerprint density at radius 1 is 0.774 bits per heavy atom. The minimum Gasteiger partial charge on any atom is -0.493 e. The molecule has 0 aliphatic carbocycles. The number of methoxy groups -OCH3 is 3. The molecule has 2 atom stereocenters. The summed E-state index contributed by atoms with van der Waals surface area (Å²) in [7, 11) is 4.35. The highest BCUT2D eigenvalue weighted by molar-refractivity contribution is 6.43. The molecule has 1 aliphatic rings. The maximum absolute atomic E-state index is 14.2. The average molecular weight is 719 g/mol. The molecule has 1 aliphatic heterocycles. The number of ether oxygens (including phenoxy) is 4. The molecule has 2 unspecified atom stereocenters. The first-order valence-electron chi connectivity index (χ1n) is 18.3. The van der Waals surface area contributed by atoms with E-state index >= 15 is 0 Å². The van der Waals surface area contributed by atoms with Crippen LogP contribution in [0.5, 0.6) is 17.2 Å². The molecular weight excluding hydrogens is 668 g/mol. The summed E-state index contributed by atoms with van der Waals surface area (Å²) >= 11 is 0. The second kappa shape index (κ2) is 20.0. The Morgan fingerprint density at radius 3 is 1.85 bits per heavy atom. The number of likely N-dealkylation sites (tertiary alicyclic amines) is 1. The van der Waals surface area contributed by atoms with E-state index in [-0.39, 0.29) is 42.0 Å². The zero-order valence-corrected chi connectivity index (χ0v) is 30.9. The summed E-state index contributed by atoms with van der Waals surface area (Å²) in [6.07, 6.45) is 8.84. The van der Waals surface area contributed by atoms with E-state index in [9.17, 15) is 14.4 Å². The zero-order valence-electron chi connectivity index (χ0n) is 30.9. The third kappa shape index (κ3) is 11.0. The van der Waals surface area contributed by atoms with Crippen molar-refractivity contribution in [3.63, 3.8) is 0 Å². The van der Waals surface area contributed by atoms with E-state index in [4.69, 9.17) is 18.9 Å². The molecule has 1 heterocycles. The van der Waals surface area contributed by atoms with Gasteiger partial charge in [-0.3, -0.25) is 14.4 Å². The van der Waals surface area contributed by atoms with E-state index in [0.717, 1.165) is 44.1 Å². The van der Waals surface area contributed by atoms with E-state index in [2.05, 4.69) is 29.6 Å². The van der Waals surface area contributed by atoms with Gasteiger partial charge >= 0.3 is 0 Å². The molecule has 53 heavy (non-hydrogen) atoms. The number of rotatable bonds is 19. The lowest BCUT2D eigenvalue weighted by molar-refractivity contribution is -0.135. The molecule has 2 amide bonds. The van der Waals surface area contributed by atoms with E-state index < -0.39 is 23.8 Å². The number of nitrogens with zero attached hydrogens (tertiary/aromatic N) is 1. The highest BCUT2D eigenvalue weighted by atomic mass is 16.5. The van der Waals surface area contributed by atoms with E-state index in [1.807, 2.05) is 78.9 Å². The van der Waals surface area contributed by atoms with Crippen LogP contribution in [0.2, 0.25) is 0 Å². The smallest absolute Gasteiger partial charge is 0.295 e. The summed E-state index contributed by atoms with van der Waals surface area (Å²) in [5.41, 5.74) is 3.61. The normalized spacial score (nSPS) is 15.4. The fourth-order valence-corrected chi connectivity index (χ4v) is 6.78. The predicted molar refractivity (Wildman–Crippen MR) is 206 cm³/mol. The van der Waals surface area contributed by atoms with Gasteiger partial charge in [0.1, 0.15) is 6.04 Å². The van der Waals surface area contributed by atoms with E-state index in [1.165, 1.54) is 49.5 Å². The second-order valence-electron chi connectivity index (χ2n) is 13.2. The minimum atomic E-state index is -0.887. The maximum Gasteiger partial charge on any atom is 0.295 e. The molecule has 1 fully saturated rings. The average Bonchev–Trinajstić information content (AvgIpc) is 3.64. The molecule has 0 bridgehead atoms. The predicted octanol–water partition coefficient (Wildman–Crippen LogP) is 7.13. The van der Waals surface area contributed by atoms with Crippen molar-refractivity contribution in [2.75, 3.05) is 34.5 Å². The van der Waals surface area contributed by atoms with Gasteiger partial charge < -0.3 is 29.2 Å². The number of nitrogens with one attached hydrogen (secondary N) is 1. The fourth-order valence-electron chi connectivity index (χ4n) is 6.78. The third-order valence-electron chi connectivity index (χ3n) is 9.55. The Balaban J connectivity index is 1.33. The molecule has 4 aromatic carbocycles. The van der Waals surface area contributed by atoms with Crippen LogP contribution in [0, 0.1) is 0 Å². The Kier molecular flexibility index (Phi) is 14.6. The van der Waals surface area contributed by atoms with Crippen LogP contribution in [0.15, 0.2) is 109 Å². The van der Waals surface area contributed by atoms with E-state index in [0.29, 0.717) is 12.4 Å². The van der Waals surface area contributed by atoms with Crippen LogP contribution in [0.4, 0.5) is 0 Å². The lowest BCUT2D eigenvalue weighted by atomic mass is 9.98. The number of hydrogen-bond donors (Lipinski definition) is 1. The van der Waals surface area contributed by atoms with Crippen molar-refractivity contribution in [2.24, 2.45) is 0 Å². The van der Waals surface area contributed by atoms with Crippen LogP contribution >= 0.6 is 0 Å². The number of ketones is 1. The van der Waals surface area contributed by atoms with Gasteiger partial charge in [0.15, 0.2) is 11.5 Å². The quantitative estimate of drug-likeness (QED) is 0.0814. The summed E-state index contributed by atoms with van der Waals surface area (Å²) < 4.78 is 22.4. The van der Waals surface area contributed by atoms with Gasteiger partial charge in [-0.1, -0.05) is 103 Å². The summed E-state index contributed by atoms with van der Waals surface area (Å²) in [5, 5.41) is 3.29. The van der Waals surface area contributed by atoms with Crippen LogP contribution < -0.4 is 19.5 Å². The van der Waals surface area contributed by atoms with Gasteiger partial charge in [0.05, 0.1) is 34.0 Å². The van der Waals surface area contributed by atoms with Crippen molar-refractivity contribution in [3.8, 4) is 17.2 Å². The van der Waals surface area contributed by atoms with Gasteiger partial charge in [-0.15, -0.1) is 0 Å². The lowest BCUT2D eigenvalue weighted by Gasteiger charge is -2.26. The first kappa shape index (κ1) is 38.8. The Bertz CT molecular complexity index is 1730. The molecule has 4 aromatic rings. The summed E-state index contributed by atoms with van der Waals surface area (Å²) in [4.78, 5) is 43.4. The summed E-state index contributed by atoms with van der Waals surface area (Å²) in [6, 6.07) is 32.4. The number of carbonyl (C=O) groups is 3. The van der Waals surface area contributed by atoms with Gasteiger partial charge in [0, 0.05) is 24.6 Å². The molecular formula is C44H50N2O7. The van der Waals surface area contributed by atoms with Gasteiger partial charge in [-0.2, -0.15) is 0 Å². The molecule has 0 saturated carbocycles. The van der Waals surface area contributed by atoms with Gasteiger partial charge in [0.2, 0.25) is 11.7 Å². The first-order valence-corrected chi connectivity index (χ1v) is 18.3. The number of Topliss-reactive ketones (excluding diaryl/α,β-unsaturated/α-hetero) is 1. The van der Waals surface area contributed by atoms with Crippen molar-refractivity contribution in [3.05, 3.63) is 131 Å². The molecule has 0 spiro atoms. The molecule has 9 heteroatoms. The summed E-state index contributed by atoms with van der Waals surface area (Å²) in [5.74, 6) is -1.06. The van der Waals surface area contributed by atoms with Crippen molar-refractivity contribution in [2.45, 2.75) is 63.1 Å². The Morgan fingerprint density at radius 2 is 1.32 bits per heavy atom. The van der Waals surface area contributed by atoms with Gasteiger partial charge in [-0.25, -0.2) is 0 Å². The number of hydrogen-bond acceptors (Lipinski definition) is 7. The topological polar surface area (TPSA) is 103 Å². The van der Waals surface area contributed by atoms with Gasteiger partial charge in [0.25, 0.3) is 11.7 Å². The first-order chi connectivity index (χ1) is 25.9. The van der Waals surface area contributed by atoms with Crippen molar-refractivity contribution in [1.29, 1.82) is 0 Å². The van der Waals surface area contributed by atoms with Crippen molar-refractivity contribution < 1.29 is 33.3 Å². The van der Waals surface area contributed by atoms with Crippen LogP contribution in [0.3, 0.4) is 0 Å². The Hall–Kier alpha value is -5.41. The molecule has 1 saturated heterocycles. The number of benzene rings is 4. The largest absolute Gasteiger partial charge is 0.493 e. The van der Waals surface area contributed by atoms with E-state index in [1.54, 1.807) is 0 Å². The molecule has 0 radical (unpaired) electrons. The minimum absolute atomic E-state index is 0.0681. The highest BCUT2D eigenvalue weighted by Crippen LogP contribution is 2.38. The number of amides is 2. The van der Waals surface area contributed by atoms with Crippen LogP contribution in [0.25, 0.3) is 6.08 Å². The van der Waals surface area contributed by atoms with Gasteiger partial charge in [-0.05, 0) is 67.3 Å². The maximum atomic E-state index is 14.2. The molecule has 0 aromatic heterocycles. The SMILES string of the molecule is COc1cc(C(=O)C(=O)N2CC(OC/C=C/c3ccccc3)CC2C(=O)NC(CCCc2ccccc2)CCCc2ccccc2)cc(OC)c1OC. The zero-order chi connectivity index (χ0) is 37.4. The van der Waals surface area contributed by atoms with Crippen LogP contribution in [-0.2, 0) is 27.2 Å². The fraction of sp³-hybridized carbons (Fsp3) is 0.341. The molecule has 278 valence electrons. The third-order valence-corrected chi connectivity index (χ3v) is 9.55. The standard InChI is InChI=1S/C44H50N2O7/c1-50-39-28-35(29-40(51-2)42(39)52-3)41(47)44(49)46-31-37(53-27-15-24-34-20-11-6-12-21-34)30-38(46)43(48)45-36(25-13-22-32-16-7-4-8-17-32)26-14-23-33-18-9-5-10-19-33/h4-12,15-21,24,28-29,36-38H,13-14,22-23,25-27,30-31H2,1-3H3,(H,45,48)/b24-15+. The molecule has 1 N–H and O–H groups in total. The number of carbonyl (C=O) groups excluding carboxylic acids is 3. The molecule has 5 rings (SSSR count). The van der Waals surface area contributed by atoms with Crippen LogP contribution in [-0.4, -0.2) is 75.2 Å². The summed E-state index contributed by atoms with van der Waals surface area (Å²) in [6.45, 7) is 0.386.